The summed E-state index contributed by atoms with van der Waals surface area (Å²) in [6.07, 6.45) is 0. The second-order valence-corrected chi connectivity index (χ2v) is 6.52. The summed E-state index contributed by atoms with van der Waals surface area (Å²) in [5.41, 5.74) is 8.31. The molecule has 0 fully saturated rings. The molecule has 4 heteroatoms. The third-order valence-corrected chi connectivity index (χ3v) is 3.43. The first-order chi connectivity index (χ1) is 9.77. The van der Waals surface area contributed by atoms with Gasteiger partial charge >= 0.3 is 0 Å². The summed E-state index contributed by atoms with van der Waals surface area (Å²) in [6, 6.07) is 9.66. The van der Waals surface area contributed by atoms with Gasteiger partial charge in [0.2, 0.25) is 0 Å². The number of nitrogens with two attached hydrogens (primary N) is 1. The van der Waals surface area contributed by atoms with Crippen molar-refractivity contribution in [1.29, 1.82) is 5.26 Å². The predicted molar refractivity (Wildman–Crippen MR) is 85.9 cm³/mol. The Morgan fingerprint density at radius 1 is 1.24 bits per heavy atom. The van der Waals surface area contributed by atoms with Gasteiger partial charge in [-0.2, -0.15) is 5.26 Å². The monoisotopic (exact) mass is 282 g/mol. The molecule has 0 saturated heterocycles. The minimum Gasteiger partial charge on any atom is -0.383 e. The number of nitriles is 1. The van der Waals surface area contributed by atoms with Crippen LogP contribution >= 0.6 is 0 Å². The van der Waals surface area contributed by atoms with Crippen LogP contribution in [0, 0.1) is 11.3 Å². The third-order valence-electron chi connectivity index (χ3n) is 3.43. The maximum absolute atomic E-state index is 9.29. The van der Waals surface area contributed by atoms with Gasteiger partial charge in [0.1, 0.15) is 17.3 Å². The van der Waals surface area contributed by atoms with Crippen LogP contribution in [0.1, 0.15) is 51.9 Å². The Balaban J connectivity index is 2.76. The molecule has 2 aromatic rings. The van der Waals surface area contributed by atoms with Crippen LogP contribution in [0.4, 0.5) is 5.82 Å². The van der Waals surface area contributed by atoms with Crippen molar-refractivity contribution in [2.24, 2.45) is 0 Å². The number of hydrogen-bond acceptors (Lipinski definition) is 3. The molecule has 0 atom stereocenters. The summed E-state index contributed by atoms with van der Waals surface area (Å²) in [6.45, 7) is 10.5. The van der Waals surface area contributed by atoms with Crippen molar-refractivity contribution >= 4 is 5.82 Å². The van der Waals surface area contributed by atoms with Crippen LogP contribution in [0.25, 0.3) is 11.3 Å². The maximum Gasteiger partial charge on any atom is 0.132 e. The zero-order valence-electron chi connectivity index (χ0n) is 13.3. The Labute approximate surface area is 126 Å². The SMILES string of the molecule is CC(C)c1nc(-c2ccccc2C#N)c(N)n1C(C)(C)C. The summed E-state index contributed by atoms with van der Waals surface area (Å²) in [5.74, 6) is 1.83. The average molecular weight is 282 g/mol. The zero-order valence-corrected chi connectivity index (χ0v) is 13.3. The zero-order chi connectivity index (χ0) is 15.8. The fourth-order valence-corrected chi connectivity index (χ4v) is 2.53. The first-order valence-electron chi connectivity index (χ1n) is 7.15. The highest BCUT2D eigenvalue weighted by molar-refractivity contribution is 5.76. The number of anilines is 1. The topological polar surface area (TPSA) is 67.6 Å². The van der Waals surface area contributed by atoms with Crippen molar-refractivity contribution in [2.75, 3.05) is 5.73 Å². The average Bonchev–Trinajstić information content (AvgIpc) is 2.76. The molecule has 0 saturated carbocycles. The van der Waals surface area contributed by atoms with Gasteiger partial charge < -0.3 is 10.3 Å². The number of nitrogen functional groups attached to an aromatic ring is 1. The second-order valence-electron chi connectivity index (χ2n) is 6.52. The second kappa shape index (κ2) is 5.25. The molecule has 2 rings (SSSR count). The number of nitrogens with zero attached hydrogens (tertiary/aromatic N) is 3. The molecule has 0 radical (unpaired) electrons. The van der Waals surface area contributed by atoms with Gasteiger partial charge in [0.05, 0.1) is 11.6 Å². The Morgan fingerprint density at radius 3 is 2.33 bits per heavy atom. The highest BCUT2D eigenvalue weighted by Gasteiger charge is 2.26. The molecular weight excluding hydrogens is 260 g/mol. The molecular formula is C17H22N4. The van der Waals surface area contributed by atoms with Gasteiger partial charge in [-0.25, -0.2) is 4.98 Å². The smallest absolute Gasteiger partial charge is 0.132 e. The Hall–Kier alpha value is -2.28. The lowest BCUT2D eigenvalue weighted by atomic mass is 10.0. The van der Waals surface area contributed by atoms with Crippen molar-refractivity contribution < 1.29 is 0 Å². The van der Waals surface area contributed by atoms with E-state index in [4.69, 9.17) is 10.7 Å². The van der Waals surface area contributed by atoms with Crippen LogP contribution in [0.3, 0.4) is 0 Å². The molecule has 1 heterocycles. The van der Waals surface area contributed by atoms with Crippen LogP contribution in [0.15, 0.2) is 24.3 Å². The molecule has 1 aromatic carbocycles. The summed E-state index contributed by atoms with van der Waals surface area (Å²) in [4.78, 5) is 4.74. The van der Waals surface area contributed by atoms with Gasteiger partial charge in [0, 0.05) is 17.0 Å². The summed E-state index contributed by atoms with van der Waals surface area (Å²) in [7, 11) is 0. The van der Waals surface area contributed by atoms with Crippen LogP contribution < -0.4 is 5.73 Å². The van der Waals surface area contributed by atoms with E-state index in [0.29, 0.717) is 17.1 Å². The van der Waals surface area contributed by atoms with Crippen LogP contribution in [0.2, 0.25) is 0 Å². The largest absolute Gasteiger partial charge is 0.383 e. The van der Waals surface area contributed by atoms with E-state index in [9.17, 15) is 5.26 Å². The van der Waals surface area contributed by atoms with Crippen molar-refractivity contribution in [2.45, 2.75) is 46.1 Å². The molecule has 4 nitrogen and oxygen atoms in total. The van der Waals surface area contributed by atoms with Crippen LogP contribution in [0.5, 0.6) is 0 Å². The highest BCUT2D eigenvalue weighted by atomic mass is 15.2. The third kappa shape index (κ3) is 2.64. The number of imidazole rings is 1. The molecule has 21 heavy (non-hydrogen) atoms. The summed E-state index contributed by atoms with van der Waals surface area (Å²) < 4.78 is 2.07. The van der Waals surface area contributed by atoms with E-state index in [2.05, 4.69) is 45.3 Å². The number of benzene rings is 1. The van der Waals surface area contributed by atoms with Crippen molar-refractivity contribution in [3.8, 4) is 17.3 Å². The predicted octanol–water partition coefficient (Wildman–Crippen LogP) is 3.88. The fourth-order valence-electron chi connectivity index (χ4n) is 2.53. The fraction of sp³-hybridized carbons (Fsp3) is 0.412. The lowest BCUT2D eigenvalue weighted by Gasteiger charge is -2.26. The minimum atomic E-state index is -0.156. The standard InChI is InChI=1S/C17H22N4/c1-11(2)16-20-14(15(19)21(16)17(3,4)5)13-9-7-6-8-12(13)10-18/h6-9,11H,19H2,1-5H3. The Morgan fingerprint density at radius 2 is 1.86 bits per heavy atom. The van der Waals surface area contributed by atoms with E-state index < -0.39 is 0 Å². The summed E-state index contributed by atoms with van der Waals surface area (Å²) >= 11 is 0. The van der Waals surface area contributed by atoms with Gasteiger partial charge in [-0.15, -0.1) is 0 Å². The van der Waals surface area contributed by atoms with Crippen molar-refractivity contribution in [1.82, 2.24) is 9.55 Å². The van der Waals surface area contributed by atoms with E-state index in [0.717, 1.165) is 11.4 Å². The van der Waals surface area contributed by atoms with E-state index in [1.165, 1.54) is 0 Å². The van der Waals surface area contributed by atoms with Gasteiger partial charge in [-0.1, -0.05) is 32.0 Å². The molecule has 2 N–H and O–H groups in total. The first kappa shape index (κ1) is 15.1. The molecule has 110 valence electrons. The molecule has 0 amide bonds. The molecule has 0 aliphatic carbocycles. The van der Waals surface area contributed by atoms with E-state index in [1.807, 2.05) is 18.2 Å². The molecule has 0 aliphatic heterocycles. The number of rotatable bonds is 2. The van der Waals surface area contributed by atoms with Gasteiger partial charge in [0.15, 0.2) is 0 Å². The number of hydrogen-bond donors (Lipinski definition) is 1. The molecule has 1 aromatic heterocycles. The quantitative estimate of drug-likeness (QED) is 0.908. The van der Waals surface area contributed by atoms with Gasteiger partial charge in [0.25, 0.3) is 0 Å². The minimum absolute atomic E-state index is 0.156. The lowest BCUT2D eigenvalue weighted by Crippen LogP contribution is -2.26. The van der Waals surface area contributed by atoms with Gasteiger partial charge in [-0.3, -0.25) is 0 Å². The summed E-state index contributed by atoms with van der Waals surface area (Å²) in [5, 5.41) is 9.29. The van der Waals surface area contributed by atoms with Crippen LogP contribution in [-0.2, 0) is 5.54 Å². The van der Waals surface area contributed by atoms with Gasteiger partial charge in [-0.05, 0) is 26.8 Å². The normalized spacial score (nSPS) is 11.7. The van der Waals surface area contributed by atoms with E-state index in [1.54, 1.807) is 6.07 Å². The number of aromatic nitrogens is 2. The molecule has 0 aliphatic rings. The van der Waals surface area contributed by atoms with E-state index >= 15 is 0 Å². The highest BCUT2D eigenvalue weighted by Crippen LogP contribution is 2.35. The lowest BCUT2D eigenvalue weighted by molar-refractivity contribution is 0.382. The Kier molecular flexibility index (Phi) is 3.78. The van der Waals surface area contributed by atoms with E-state index in [-0.39, 0.29) is 11.5 Å². The van der Waals surface area contributed by atoms with Crippen molar-refractivity contribution in [3.05, 3.63) is 35.7 Å². The molecule has 0 bridgehead atoms. The first-order valence-corrected chi connectivity index (χ1v) is 7.15. The van der Waals surface area contributed by atoms with Crippen molar-refractivity contribution in [3.63, 3.8) is 0 Å². The Bertz CT molecular complexity index is 697. The molecule has 0 spiro atoms. The van der Waals surface area contributed by atoms with Crippen LogP contribution in [-0.4, -0.2) is 9.55 Å². The molecule has 0 unspecified atom stereocenters. The maximum atomic E-state index is 9.29.